The largest absolute Gasteiger partial charge is 0.461 e. The highest BCUT2D eigenvalue weighted by atomic mass is 79.9. The Hall–Kier alpha value is -0.800. The molecule has 1 atom stereocenters. The molecule has 0 spiro atoms. The molecule has 0 saturated carbocycles. The van der Waals surface area contributed by atoms with Crippen molar-refractivity contribution >= 4 is 26.9 Å². The van der Waals surface area contributed by atoms with Crippen LogP contribution in [0.3, 0.4) is 0 Å². The highest BCUT2D eigenvalue weighted by molar-refractivity contribution is 9.10. The molecular formula is C11H12BrNO. The third kappa shape index (κ3) is 1.83. The summed E-state index contributed by atoms with van der Waals surface area (Å²) in [6.07, 6.45) is 0.779. The first-order valence-electron chi connectivity index (χ1n) is 4.59. The van der Waals surface area contributed by atoms with Gasteiger partial charge in [-0.1, -0.05) is 22.0 Å². The van der Waals surface area contributed by atoms with Gasteiger partial charge in [-0.25, -0.2) is 0 Å². The monoisotopic (exact) mass is 253 g/mol. The van der Waals surface area contributed by atoms with Gasteiger partial charge >= 0.3 is 0 Å². The average molecular weight is 254 g/mol. The van der Waals surface area contributed by atoms with Crippen molar-refractivity contribution in [3.63, 3.8) is 0 Å². The maximum Gasteiger partial charge on any atom is 0.135 e. The Bertz CT molecular complexity index is 447. The minimum Gasteiger partial charge on any atom is -0.461 e. The normalized spacial score (nSPS) is 13.4. The summed E-state index contributed by atoms with van der Waals surface area (Å²) in [5, 5.41) is 1.11. The van der Waals surface area contributed by atoms with E-state index in [-0.39, 0.29) is 6.04 Å². The molecule has 74 valence electrons. The Morgan fingerprint density at radius 2 is 2.29 bits per heavy atom. The van der Waals surface area contributed by atoms with Crippen molar-refractivity contribution in [2.24, 2.45) is 5.73 Å². The Labute approximate surface area is 91.2 Å². The van der Waals surface area contributed by atoms with Gasteiger partial charge in [0.2, 0.25) is 0 Å². The molecule has 2 rings (SSSR count). The van der Waals surface area contributed by atoms with Gasteiger partial charge in [0.15, 0.2) is 0 Å². The van der Waals surface area contributed by atoms with Crippen LogP contribution in [0.25, 0.3) is 11.0 Å². The zero-order valence-corrected chi connectivity index (χ0v) is 9.54. The fourth-order valence-electron chi connectivity index (χ4n) is 1.50. The molecule has 1 unspecified atom stereocenters. The van der Waals surface area contributed by atoms with E-state index >= 15 is 0 Å². The number of hydrogen-bond donors (Lipinski definition) is 1. The van der Waals surface area contributed by atoms with Gasteiger partial charge in [0.1, 0.15) is 11.3 Å². The van der Waals surface area contributed by atoms with Gasteiger partial charge in [-0.3, -0.25) is 0 Å². The van der Waals surface area contributed by atoms with Gasteiger partial charge < -0.3 is 10.2 Å². The number of furan rings is 1. The molecular weight excluding hydrogens is 242 g/mol. The van der Waals surface area contributed by atoms with Crippen molar-refractivity contribution in [1.29, 1.82) is 0 Å². The Morgan fingerprint density at radius 1 is 1.50 bits per heavy atom. The lowest BCUT2D eigenvalue weighted by Gasteiger charge is -1.98. The molecule has 1 heterocycles. The first-order valence-corrected chi connectivity index (χ1v) is 5.38. The standard InChI is InChI=1S/C11H12BrNO/c1-7(13)5-8-6-9-10(12)3-2-4-11(9)14-8/h2-4,6-7H,5,13H2,1H3. The van der Waals surface area contributed by atoms with Crippen LogP contribution >= 0.6 is 15.9 Å². The highest BCUT2D eigenvalue weighted by Gasteiger charge is 2.07. The third-order valence-electron chi connectivity index (χ3n) is 2.08. The molecule has 14 heavy (non-hydrogen) atoms. The van der Waals surface area contributed by atoms with Crippen LogP contribution in [-0.2, 0) is 6.42 Å². The second-order valence-corrected chi connectivity index (χ2v) is 4.40. The lowest BCUT2D eigenvalue weighted by molar-refractivity contribution is 0.525. The zero-order chi connectivity index (χ0) is 10.1. The Morgan fingerprint density at radius 3 is 2.93 bits per heavy atom. The molecule has 0 radical (unpaired) electrons. The van der Waals surface area contributed by atoms with Crippen molar-refractivity contribution < 1.29 is 4.42 Å². The van der Waals surface area contributed by atoms with Crippen LogP contribution in [0.15, 0.2) is 33.2 Å². The third-order valence-corrected chi connectivity index (χ3v) is 2.77. The molecule has 1 aromatic heterocycles. The predicted molar refractivity (Wildman–Crippen MR) is 61.3 cm³/mol. The van der Waals surface area contributed by atoms with Crippen LogP contribution < -0.4 is 5.73 Å². The lowest BCUT2D eigenvalue weighted by Crippen LogP contribution is -2.17. The fraction of sp³-hybridized carbons (Fsp3) is 0.273. The molecule has 0 fully saturated rings. The first-order chi connectivity index (χ1) is 6.66. The molecule has 0 aliphatic heterocycles. The summed E-state index contributed by atoms with van der Waals surface area (Å²) < 4.78 is 6.71. The number of halogens is 1. The van der Waals surface area contributed by atoms with Crippen molar-refractivity contribution in [1.82, 2.24) is 0 Å². The van der Waals surface area contributed by atoms with Gasteiger partial charge in [-0.2, -0.15) is 0 Å². The molecule has 0 aliphatic carbocycles. The van der Waals surface area contributed by atoms with Crippen LogP contribution in [-0.4, -0.2) is 6.04 Å². The van der Waals surface area contributed by atoms with E-state index in [4.69, 9.17) is 10.2 Å². The van der Waals surface area contributed by atoms with E-state index in [9.17, 15) is 0 Å². The number of hydrogen-bond acceptors (Lipinski definition) is 2. The van der Waals surface area contributed by atoms with Gasteiger partial charge in [-0.05, 0) is 25.1 Å². The maximum atomic E-state index is 5.71. The summed E-state index contributed by atoms with van der Waals surface area (Å²) in [5.74, 6) is 0.946. The minimum absolute atomic E-state index is 0.134. The molecule has 0 amide bonds. The SMILES string of the molecule is CC(N)Cc1cc2c(Br)cccc2o1. The number of benzene rings is 1. The van der Waals surface area contributed by atoms with Crippen LogP contribution in [0.2, 0.25) is 0 Å². The number of rotatable bonds is 2. The number of nitrogens with two attached hydrogens (primary N) is 1. The van der Waals surface area contributed by atoms with E-state index in [1.807, 2.05) is 31.2 Å². The maximum absolute atomic E-state index is 5.71. The summed E-state index contributed by atoms with van der Waals surface area (Å²) in [5.41, 5.74) is 6.62. The highest BCUT2D eigenvalue weighted by Crippen LogP contribution is 2.27. The number of fused-ring (bicyclic) bond motifs is 1. The van der Waals surface area contributed by atoms with E-state index in [1.165, 1.54) is 0 Å². The molecule has 0 aliphatic rings. The summed E-state index contributed by atoms with van der Waals surface area (Å²) in [6.45, 7) is 1.97. The Kier molecular flexibility index (Phi) is 2.61. The van der Waals surface area contributed by atoms with Crippen molar-refractivity contribution in [3.05, 3.63) is 34.5 Å². The van der Waals surface area contributed by atoms with Gasteiger partial charge in [0.05, 0.1) is 0 Å². The van der Waals surface area contributed by atoms with E-state index in [2.05, 4.69) is 15.9 Å². The van der Waals surface area contributed by atoms with Crippen molar-refractivity contribution in [3.8, 4) is 0 Å². The molecule has 1 aromatic carbocycles. The van der Waals surface area contributed by atoms with Crippen LogP contribution in [0.4, 0.5) is 0 Å². The molecule has 2 N–H and O–H groups in total. The van der Waals surface area contributed by atoms with E-state index in [1.54, 1.807) is 0 Å². The first kappa shape index (κ1) is 9.74. The summed E-state index contributed by atoms with van der Waals surface area (Å²) >= 11 is 3.49. The fourth-order valence-corrected chi connectivity index (χ4v) is 1.96. The molecule has 0 bridgehead atoms. The van der Waals surface area contributed by atoms with Gasteiger partial charge in [-0.15, -0.1) is 0 Å². The second-order valence-electron chi connectivity index (χ2n) is 3.55. The molecule has 3 heteroatoms. The van der Waals surface area contributed by atoms with Gasteiger partial charge in [0.25, 0.3) is 0 Å². The second kappa shape index (κ2) is 3.75. The predicted octanol–water partition coefficient (Wildman–Crippen LogP) is 3.09. The average Bonchev–Trinajstić information content (AvgIpc) is 2.47. The summed E-state index contributed by atoms with van der Waals surface area (Å²) in [6, 6.07) is 8.11. The van der Waals surface area contributed by atoms with Crippen LogP contribution in [0.1, 0.15) is 12.7 Å². The van der Waals surface area contributed by atoms with Crippen molar-refractivity contribution in [2.75, 3.05) is 0 Å². The molecule has 2 aromatic rings. The Balaban J connectivity index is 2.46. The summed E-state index contributed by atoms with van der Waals surface area (Å²) in [4.78, 5) is 0. The minimum atomic E-state index is 0.134. The van der Waals surface area contributed by atoms with E-state index < -0.39 is 0 Å². The zero-order valence-electron chi connectivity index (χ0n) is 7.96. The van der Waals surface area contributed by atoms with E-state index in [0.29, 0.717) is 0 Å². The molecule has 0 saturated heterocycles. The molecule has 2 nitrogen and oxygen atoms in total. The van der Waals surface area contributed by atoms with Crippen molar-refractivity contribution in [2.45, 2.75) is 19.4 Å². The topological polar surface area (TPSA) is 39.2 Å². The van der Waals surface area contributed by atoms with Crippen LogP contribution in [0, 0.1) is 0 Å². The van der Waals surface area contributed by atoms with Gasteiger partial charge in [0, 0.05) is 22.3 Å². The lowest BCUT2D eigenvalue weighted by atomic mass is 10.2. The smallest absolute Gasteiger partial charge is 0.135 e. The van der Waals surface area contributed by atoms with E-state index in [0.717, 1.165) is 27.6 Å². The van der Waals surface area contributed by atoms with Crippen LogP contribution in [0.5, 0.6) is 0 Å². The quantitative estimate of drug-likeness (QED) is 0.894. The summed E-state index contributed by atoms with van der Waals surface area (Å²) in [7, 11) is 0.